The number of nitrogens with one attached hydrogen (secondary N) is 3. The molecule has 2 aliphatic heterocycles. The molecule has 1 unspecified atom stereocenters. The third-order valence-corrected chi connectivity index (χ3v) is 8.67. The summed E-state index contributed by atoms with van der Waals surface area (Å²) in [4.78, 5) is 12.9. The van der Waals surface area contributed by atoms with Crippen LogP contribution in [0, 0.1) is 5.92 Å². The van der Waals surface area contributed by atoms with Gasteiger partial charge in [-0.05, 0) is 38.2 Å². The van der Waals surface area contributed by atoms with E-state index >= 15 is 0 Å². The summed E-state index contributed by atoms with van der Waals surface area (Å²) in [6.07, 6.45) is -3.06. The van der Waals surface area contributed by atoms with E-state index in [1.807, 2.05) is 6.08 Å². The van der Waals surface area contributed by atoms with Crippen molar-refractivity contribution in [3.63, 3.8) is 0 Å². The molecule has 248 valence electrons. The molecule has 3 fully saturated rings. The minimum atomic E-state index is -1.37. The topological polar surface area (TPSA) is 243 Å². The Balaban J connectivity index is 1.40. The molecule has 43 heavy (non-hydrogen) atoms. The second-order valence-electron chi connectivity index (χ2n) is 12.3. The maximum atomic E-state index is 12.9. The second kappa shape index (κ2) is 15.7. The number of nitrogens with two attached hydrogens (primary N) is 2. The zero-order valence-electron chi connectivity index (χ0n) is 24.8. The van der Waals surface area contributed by atoms with E-state index in [9.17, 15) is 30.3 Å². The Kier molecular flexibility index (Phi) is 12.6. The first-order valence-electron chi connectivity index (χ1n) is 15.4. The third-order valence-electron chi connectivity index (χ3n) is 8.67. The first-order chi connectivity index (χ1) is 20.5. The molecule has 1 saturated heterocycles. The number of hydrogen-bond donors (Lipinski definition) is 10. The summed E-state index contributed by atoms with van der Waals surface area (Å²) in [6, 6.07) is -1.54. The van der Waals surface area contributed by atoms with Crippen molar-refractivity contribution < 1.29 is 49.3 Å². The normalized spacial score (nSPS) is 36.8. The molecular weight excluding hydrogens is 566 g/mol. The summed E-state index contributed by atoms with van der Waals surface area (Å²) in [5, 5.41) is 61.2. The molecule has 0 radical (unpaired) electrons. The van der Waals surface area contributed by atoms with E-state index in [-0.39, 0.29) is 38.0 Å². The van der Waals surface area contributed by atoms with Gasteiger partial charge in [0.25, 0.3) is 0 Å². The summed E-state index contributed by atoms with van der Waals surface area (Å²) in [6.45, 7) is 3.11. The van der Waals surface area contributed by atoms with Crippen LogP contribution in [0.3, 0.4) is 0 Å². The van der Waals surface area contributed by atoms with Gasteiger partial charge in [0.05, 0.1) is 31.4 Å². The maximum absolute atomic E-state index is 12.9. The van der Waals surface area contributed by atoms with E-state index < -0.39 is 66.7 Å². The van der Waals surface area contributed by atoms with Crippen molar-refractivity contribution in [3.8, 4) is 0 Å². The average Bonchev–Trinajstić information content (AvgIpc) is 2.92. The first-order valence-corrected chi connectivity index (χ1v) is 15.4. The first kappa shape index (κ1) is 34.4. The molecule has 0 aromatic carbocycles. The van der Waals surface area contributed by atoms with Gasteiger partial charge in [-0.25, -0.2) is 0 Å². The molecule has 4 aliphatic rings. The van der Waals surface area contributed by atoms with Crippen molar-refractivity contribution in [2.75, 3.05) is 39.4 Å². The summed E-state index contributed by atoms with van der Waals surface area (Å²) in [5.41, 5.74) is 11.5. The molecule has 4 rings (SSSR count). The van der Waals surface area contributed by atoms with Crippen molar-refractivity contribution in [1.82, 2.24) is 16.0 Å². The Hall–Kier alpha value is -1.47. The van der Waals surface area contributed by atoms with E-state index in [0.29, 0.717) is 57.6 Å². The molecule has 15 nitrogen and oxygen atoms in total. The predicted molar refractivity (Wildman–Crippen MR) is 153 cm³/mol. The standard InChI is InChI=1S/C28H51N5O10/c1-2-20(35)27(40-7-6-34)43-25-19(33-26(38)22(36)15-11-31-12-15)8-18(30)24(23(25)37)42-21-5-3-4-17(41-21)13-32-14-28(39)9-16(29)10-28/h4,15-16,18-25,27,31-32,34-37,39H,2-3,5-14,29-30H2,1H3,(H,33,38)/t16?,18-,19+,20+,21+,22?,23-,24+,25-,27+,28?/m0/s1. The number of rotatable bonds is 16. The lowest BCUT2D eigenvalue weighted by Crippen LogP contribution is -2.67. The van der Waals surface area contributed by atoms with Crippen LogP contribution in [0.1, 0.15) is 45.4 Å². The van der Waals surface area contributed by atoms with Crippen LogP contribution < -0.4 is 27.4 Å². The minimum Gasteiger partial charge on any atom is -0.468 e. The van der Waals surface area contributed by atoms with E-state index in [1.54, 1.807) is 6.92 Å². The van der Waals surface area contributed by atoms with Gasteiger partial charge in [-0.2, -0.15) is 0 Å². The highest BCUT2D eigenvalue weighted by Crippen LogP contribution is 2.31. The second-order valence-corrected chi connectivity index (χ2v) is 12.3. The number of hydrogen-bond acceptors (Lipinski definition) is 14. The lowest BCUT2D eigenvalue weighted by Gasteiger charge is -2.46. The van der Waals surface area contributed by atoms with Gasteiger partial charge in [0.2, 0.25) is 5.91 Å². The lowest BCUT2D eigenvalue weighted by molar-refractivity contribution is -0.269. The van der Waals surface area contributed by atoms with Gasteiger partial charge in [-0.1, -0.05) is 6.92 Å². The van der Waals surface area contributed by atoms with Crippen LogP contribution in [0.4, 0.5) is 0 Å². The fraction of sp³-hybridized carbons (Fsp3) is 0.893. The van der Waals surface area contributed by atoms with E-state index in [4.69, 9.17) is 30.4 Å². The van der Waals surface area contributed by atoms with Crippen LogP contribution in [0.25, 0.3) is 0 Å². The Morgan fingerprint density at radius 3 is 2.63 bits per heavy atom. The largest absolute Gasteiger partial charge is 0.468 e. The van der Waals surface area contributed by atoms with Gasteiger partial charge < -0.3 is 71.9 Å². The number of carbonyl (C=O) groups excluding carboxylic acids is 1. The molecular formula is C28H51N5O10. The van der Waals surface area contributed by atoms with E-state index in [0.717, 1.165) is 0 Å². The fourth-order valence-corrected chi connectivity index (χ4v) is 6.03. The minimum absolute atomic E-state index is 0.0217. The van der Waals surface area contributed by atoms with Gasteiger partial charge in [-0.3, -0.25) is 4.79 Å². The van der Waals surface area contributed by atoms with Crippen molar-refractivity contribution in [2.24, 2.45) is 17.4 Å². The molecule has 0 aromatic rings. The molecule has 2 saturated carbocycles. The van der Waals surface area contributed by atoms with E-state index in [2.05, 4.69) is 16.0 Å². The Morgan fingerprint density at radius 1 is 1.26 bits per heavy atom. The lowest BCUT2D eigenvalue weighted by atomic mass is 9.76. The quantitative estimate of drug-likeness (QED) is 0.0755. The fourth-order valence-electron chi connectivity index (χ4n) is 6.03. The van der Waals surface area contributed by atoms with Crippen LogP contribution in [-0.4, -0.2) is 138 Å². The Bertz CT molecular complexity index is 920. The zero-order valence-corrected chi connectivity index (χ0v) is 24.8. The summed E-state index contributed by atoms with van der Waals surface area (Å²) >= 11 is 0. The number of aliphatic hydroxyl groups excluding tert-OH is 4. The van der Waals surface area contributed by atoms with Crippen LogP contribution in [-0.2, 0) is 23.7 Å². The Labute approximate surface area is 252 Å². The molecule has 2 heterocycles. The van der Waals surface area contributed by atoms with Gasteiger partial charge >= 0.3 is 0 Å². The monoisotopic (exact) mass is 617 g/mol. The molecule has 9 atom stereocenters. The van der Waals surface area contributed by atoms with Crippen molar-refractivity contribution in [2.45, 2.75) is 112 Å². The SMILES string of the molecule is CC[C@@H](O)[C@H](OCCO)O[C@@H]1[C@@H](O)[C@H](O[C@@H]2CCC=C(CNCC3(O)CC(N)C3)O2)[C@@H](N)C[C@H]1NC(=O)C(O)C1CNC1. The number of allylic oxidation sites excluding steroid dienone is 1. The number of carbonyl (C=O) groups is 1. The highest BCUT2D eigenvalue weighted by molar-refractivity contribution is 5.81. The summed E-state index contributed by atoms with van der Waals surface area (Å²) in [5.74, 6) is -0.197. The van der Waals surface area contributed by atoms with Crippen LogP contribution in [0.5, 0.6) is 0 Å². The molecule has 1 amide bonds. The van der Waals surface area contributed by atoms with Crippen molar-refractivity contribution >= 4 is 5.91 Å². The smallest absolute Gasteiger partial charge is 0.249 e. The molecule has 15 heteroatoms. The number of aliphatic hydroxyl groups is 5. The molecule has 0 spiro atoms. The molecule has 2 aliphatic carbocycles. The van der Waals surface area contributed by atoms with Gasteiger partial charge in [0.15, 0.2) is 12.6 Å². The maximum Gasteiger partial charge on any atom is 0.249 e. The highest BCUT2D eigenvalue weighted by Gasteiger charge is 2.48. The van der Waals surface area contributed by atoms with Crippen LogP contribution in [0.15, 0.2) is 11.8 Å². The molecule has 0 bridgehead atoms. The molecule has 0 aromatic heterocycles. The Morgan fingerprint density at radius 2 is 2.00 bits per heavy atom. The number of amides is 1. The van der Waals surface area contributed by atoms with Crippen LogP contribution in [0.2, 0.25) is 0 Å². The average molecular weight is 618 g/mol. The highest BCUT2D eigenvalue weighted by atomic mass is 16.7. The predicted octanol–water partition coefficient (Wildman–Crippen LogP) is -3.52. The van der Waals surface area contributed by atoms with Crippen molar-refractivity contribution in [3.05, 3.63) is 11.8 Å². The zero-order chi connectivity index (χ0) is 31.1. The summed E-state index contributed by atoms with van der Waals surface area (Å²) < 4.78 is 23.8. The van der Waals surface area contributed by atoms with Crippen molar-refractivity contribution in [1.29, 1.82) is 0 Å². The van der Waals surface area contributed by atoms with Gasteiger partial charge in [0, 0.05) is 44.1 Å². The third kappa shape index (κ3) is 9.05. The van der Waals surface area contributed by atoms with Gasteiger partial charge in [0.1, 0.15) is 36.3 Å². The van der Waals surface area contributed by atoms with E-state index in [1.165, 1.54) is 0 Å². The van der Waals surface area contributed by atoms with Gasteiger partial charge in [-0.15, -0.1) is 0 Å². The molecule has 12 N–H and O–H groups in total. The van der Waals surface area contributed by atoms with Crippen LogP contribution >= 0.6 is 0 Å². The number of ether oxygens (including phenoxy) is 4. The summed E-state index contributed by atoms with van der Waals surface area (Å²) in [7, 11) is 0.